The van der Waals surface area contributed by atoms with Gasteiger partial charge in [0.1, 0.15) is 0 Å². The number of hydrogen-bond acceptors (Lipinski definition) is 2. The van der Waals surface area contributed by atoms with Crippen molar-refractivity contribution >= 4 is 17.4 Å². The van der Waals surface area contributed by atoms with Crippen molar-refractivity contribution in [3.63, 3.8) is 0 Å². The van der Waals surface area contributed by atoms with Gasteiger partial charge in [-0.05, 0) is 37.3 Å². The van der Waals surface area contributed by atoms with E-state index in [1.165, 1.54) is 18.6 Å². The van der Waals surface area contributed by atoms with Crippen molar-refractivity contribution < 1.29 is 51.2 Å². The predicted octanol–water partition coefficient (Wildman–Crippen LogP) is 3.99. The molecule has 0 amide bonds. The minimum atomic E-state index is -0.806. The van der Waals surface area contributed by atoms with Crippen LogP contribution in [0.5, 0.6) is 0 Å². The third kappa shape index (κ3) is 6.62. The zero-order valence-electron chi connectivity index (χ0n) is 11.7. The van der Waals surface area contributed by atoms with Gasteiger partial charge in [0.2, 0.25) is 0 Å². The first kappa shape index (κ1) is 18.7. The fourth-order valence-electron chi connectivity index (χ4n) is 2.00. The Labute approximate surface area is 148 Å². The summed E-state index contributed by atoms with van der Waals surface area (Å²) in [5, 5.41) is 8.80. The molecule has 0 saturated heterocycles. The van der Waals surface area contributed by atoms with Crippen LogP contribution in [-0.2, 0) is 11.2 Å². The molecular formula is C15H21NO2Pr. The molecule has 101 valence electrons. The number of aliphatic carboxylic acids is 1. The molecule has 0 atom stereocenters. The van der Waals surface area contributed by atoms with Crippen molar-refractivity contribution in [3.8, 4) is 0 Å². The molecule has 1 fully saturated rings. The monoisotopic (exact) mass is 388 g/mol. The molecule has 19 heavy (non-hydrogen) atoms. The van der Waals surface area contributed by atoms with Gasteiger partial charge < -0.3 is 5.11 Å². The number of carboxylic acids is 1. The van der Waals surface area contributed by atoms with Crippen LogP contribution >= 0.6 is 0 Å². The van der Waals surface area contributed by atoms with E-state index in [2.05, 4.69) is 4.99 Å². The molecular weight excluding hydrogens is 367 g/mol. The van der Waals surface area contributed by atoms with Gasteiger partial charge in [-0.1, -0.05) is 32.0 Å². The first-order valence-electron chi connectivity index (χ1n) is 6.62. The van der Waals surface area contributed by atoms with Gasteiger partial charge in [0.15, 0.2) is 0 Å². The van der Waals surface area contributed by atoms with Gasteiger partial charge in [-0.25, -0.2) is 0 Å². The molecule has 4 heteroatoms. The molecule has 1 radical (unpaired) electrons. The molecule has 1 aromatic rings. The summed E-state index contributed by atoms with van der Waals surface area (Å²) in [6, 6.07) is 7.49. The number of rotatable bonds is 3. The normalized spacial score (nSPS) is 13.1. The molecule has 1 aliphatic rings. The second-order valence-corrected chi connectivity index (χ2v) is 4.08. The second kappa shape index (κ2) is 10.5. The Morgan fingerprint density at radius 1 is 1.21 bits per heavy atom. The SMILES string of the molecule is CC.O=C(O)Cc1ccccc1N=C1CCCC1.[Pr]. The average molecular weight is 388 g/mol. The summed E-state index contributed by atoms with van der Waals surface area (Å²) in [4.78, 5) is 15.3. The number of para-hydroxylation sites is 1. The summed E-state index contributed by atoms with van der Waals surface area (Å²) in [6.07, 6.45) is 4.58. The Morgan fingerprint density at radius 3 is 2.37 bits per heavy atom. The third-order valence-corrected chi connectivity index (χ3v) is 2.79. The minimum Gasteiger partial charge on any atom is -0.481 e. The summed E-state index contributed by atoms with van der Waals surface area (Å²) in [5.41, 5.74) is 2.83. The van der Waals surface area contributed by atoms with Crippen LogP contribution in [0.25, 0.3) is 0 Å². The van der Waals surface area contributed by atoms with Crippen LogP contribution in [0.3, 0.4) is 0 Å². The summed E-state index contributed by atoms with van der Waals surface area (Å²) in [7, 11) is 0. The van der Waals surface area contributed by atoms with Crippen LogP contribution in [0.2, 0.25) is 0 Å². The van der Waals surface area contributed by atoms with Crippen molar-refractivity contribution in [3.05, 3.63) is 29.8 Å². The number of hydrogen-bond donors (Lipinski definition) is 1. The van der Waals surface area contributed by atoms with Gasteiger partial charge in [0.05, 0.1) is 12.1 Å². The van der Waals surface area contributed by atoms with Crippen LogP contribution < -0.4 is 0 Å². The van der Waals surface area contributed by atoms with E-state index in [1.54, 1.807) is 0 Å². The quantitative estimate of drug-likeness (QED) is 0.852. The summed E-state index contributed by atoms with van der Waals surface area (Å²) >= 11 is 0. The van der Waals surface area contributed by atoms with E-state index in [4.69, 9.17) is 5.11 Å². The molecule has 0 aromatic heterocycles. The van der Waals surface area contributed by atoms with E-state index in [-0.39, 0.29) is 47.7 Å². The van der Waals surface area contributed by atoms with Crippen LogP contribution in [0.4, 0.5) is 5.69 Å². The fraction of sp³-hybridized carbons (Fsp3) is 0.467. The standard InChI is InChI=1S/C13H15NO2.C2H6.Pr/c15-13(16)9-10-5-1-4-8-12(10)14-11-6-2-3-7-11;1-2;/h1,4-5,8H,2-3,6-7,9H2,(H,15,16);1-2H3;. The number of carbonyl (C=O) groups is 1. The Kier molecular flexibility index (Phi) is 10.4. The molecule has 1 aliphatic carbocycles. The van der Waals surface area contributed by atoms with Gasteiger partial charge in [-0.15, -0.1) is 0 Å². The third-order valence-electron chi connectivity index (χ3n) is 2.79. The topological polar surface area (TPSA) is 49.7 Å². The van der Waals surface area contributed by atoms with Crippen molar-refractivity contribution in [1.29, 1.82) is 0 Å². The molecule has 1 saturated carbocycles. The molecule has 1 aromatic carbocycles. The Morgan fingerprint density at radius 2 is 1.79 bits per heavy atom. The molecule has 3 nitrogen and oxygen atoms in total. The van der Waals surface area contributed by atoms with E-state index < -0.39 is 5.97 Å². The van der Waals surface area contributed by atoms with E-state index in [0.29, 0.717) is 0 Å². The number of benzene rings is 1. The number of nitrogens with zero attached hydrogens (tertiary/aromatic N) is 1. The van der Waals surface area contributed by atoms with E-state index in [1.807, 2.05) is 38.1 Å². The maximum Gasteiger partial charge on any atom is 0.307 e. The van der Waals surface area contributed by atoms with E-state index >= 15 is 0 Å². The molecule has 0 aliphatic heterocycles. The maximum atomic E-state index is 10.7. The number of aliphatic imine (C=N–C) groups is 1. The number of carboxylic acid groups (broad SMARTS) is 1. The summed E-state index contributed by atoms with van der Waals surface area (Å²) in [6.45, 7) is 4.00. The zero-order chi connectivity index (χ0) is 13.4. The van der Waals surface area contributed by atoms with Gasteiger partial charge >= 0.3 is 5.97 Å². The fourth-order valence-corrected chi connectivity index (χ4v) is 2.00. The summed E-state index contributed by atoms with van der Waals surface area (Å²) in [5.74, 6) is -0.806. The van der Waals surface area contributed by atoms with E-state index in [0.717, 1.165) is 24.1 Å². The largest absolute Gasteiger partial charge is 0.481 e. The summed E-state index contributed by atoms with van der Waals surface area (Å²) < 4.78 is 0. The van der Waals surface area contributed by atoms with Gasteiger partial charge in [0.25, 0.3) is 0 Å². The maximum absolute atomic E-state index is 10.7. The van der Waals surface area contributed by atoms with Crippen LogP contribution in [0.15, 0.2) is 29.3 Å². The van der Waals surface area contributed by atoms with Crippen LogP contribution in [0.1, 0.15) is 45.1 Å². The van der Waals surface area contributed by atoms with Crippen molar-refractivity contribution in [2.75, 3.05) is 0 Å². The predicted molar refractivity (Wildman–Crippen MR) is 74.7 cm³/mol. The Balaban J connectivity index is 0.00000103. The van der Waals surface area contributed by atoms with Crippen molar-refractivity contribution in [1.82, 2.24) is 0 Å². The van der Waals surface area contributed by atoms with Crippen molar-refractivity contribution in [2.45, 2.75) is 46.0 Å². The Bertz CT molecular complexity index is 422. The molecule has 0 bridgehead atoms. The van der Waals surface area contributed by atoms with Gasteiger partial charge in [0, 0.05) is 47.0 Å². The first-order chi connectivity index (χ1) is 8.75. The van der Waals surface area contributed by atoms with E-state index in [9.17, 15) is 4.79 Å². The van der Waals surface area contributed by atoms with Gasteiger partial charge in [-0.3, -0.25) is 9.79 Å². The smallest absolute Gasteiger partial charge is 0.307 e. The minimum absolute atomic E-state index is 0. The second-order valence-electron chi connectivity index (χ2n) is 4.08. The van der Waals surface area contributed by atoms with Crippen LogP contribution in [0, 0.1) is 41.3 Å². The Hall–Kier alpha value is -0.276. The van der Waals surface area contributed by atoms with Crippen molar-refractivity contribution in [2.24, 2.45) is 4.99 Å². The average Bonchev–Trinajstić information content (AvgIpc) is 2.86. The molecule has 0 spiro atoms. The van der Waals surface area contributed by atoms with Crippen LogP contribution in [-0.4, -0.2) is 16.8 Å². The van der Waals surface area contributed by atoms with Gasteiger partial charge in [-0.2, -0.15) is 0 Å². The molecule has 2 rings (SSSR count). The first-order valence-corrected chi connectivity index (χ1v) is 6.62. The zero-order valence-corrected chi connectivity index (χ0v) is 15.4. The molecule has 0 unspecified atom stereocenters. The molecule has 0 heterocycles. The molecule has 1 N–H and O–H groups in total.